The number of likely N-dealkylation sites (tertiary alicyclic amines) is 1. The molecule has 0 unspecified atom stereocenters. The fourth-order valence-electron chi connectivity index (χ4n) is 2.98. The van der Waals surface area contributed by atoms with E-state index in [4.69, 9.17) is 4.74 Å². The highest BCUT2D eigenvalue weighted by molar-refractivity contribution is 5.94. The van der Waals surface area contributed by atoms with Crippen LogP contribution < -0.4 is 5.32 Å². The minimum atomic E-state index is -1.68. The van der Waals surface area contributed by atoms with Gasteiger partial charge >= 0.3 is 6.09 Å². The molecule has 0 radical (unpaired) electrons. The normalized spacial score (nSPS) is 14.6. The molecule has 0 aliphatic carbocycles. The van der Waals surface area contributed by atoms with E-state index in [1.54, 1.807) is 0 Å². The number of nitrogens with one attached hydrogen (secondary N) is 1. The fraction of sp³-hybridized carbons (Fsp3) is 0.300. The molecular formula is C20H19F3N2O3. The Bertz CT molecular complexity index is 853. The van der Waals surface area contributed by atoms with Gasteiger partial charge in [0.15, 0.2) is 17.5 Å². The Labute approximate surface area is 160 Å². The molecule has 1 fully saturated rings. The Kier molecular flexibility index (Phi) is 6.18. The summed E-state index contributed by atoms with van der Waals surface area (Å²) in [6.07, 6.45) is 0.440. The summed E-state index contributed by atoms with van der Waals surface area (Å²) in [7, 11) is 0. The summed E-state index contributed by atoms with van der Waals surface area (Å²) in [4.78, 5) is 25.8. The van der Waals surface area contributed by atoms with E-state index >= 15 is 0 Å². The molecule has 8 heteroatoms. The average Bonchev–Trinajstić information content (AvgIpc) is 2.71. The number of amides is 2. The molecule has 0 aromatic heterocycles. The van der Waals surface area contributed by atoms with E-state index in [2.05, 4.69) is 5.32 Å². The van der Waals surface area contributed by atoms with Crippen molar-refractivity contribution in [1.82, 2.24) is 10.2 Å². The lowest BCUT2D eigenvalue weighted by atomic mass is 10.0. The molecule has 0 saturated carbocycles. The molecule has 0 atom stereocenters. The third kappa shape index (κ3) is 4.62. The second kappa shape index (κ2) is 8.77. The van der Waals surface area contributed by atoms with Gasteiger partial charge in [-0.05, 0) is 30.5 Å². The summed E-state index contributed by atoms with van der Waals surface area (Å²) in [6, 6.07) is 10.6. The summed E-state index contributed by atoms with van der Waals surface area (Å²) >= 11 is 0. The van der Waals surface area contributed by atoms with E-state index in [1.165, 1.54) is 4.90 Å². The van der Waals surface area contributed by atoms with Crippen molar-refractivity contribution in [2.45, 2.75) is 25.5 Å². The van der Waals surface area contributed by atoms with Crippen LogP contribution in [0, 0.1) is 17.5 Å². The SMILES string of the molecule is O=C(NC1CCN(C(=O)OCc2ccccc2)CC1)c1ccc(F)c(F)c1F. The molecule has 1 aliphatic heterocycles. The molecule has 5 nitrogen and oxygen atoms in total. The van der Waals surface area contributed by atoms with E-state index in [1.807, 2.05) is 30.3 Å². The molecule has 0 spiro atoms. The molecule has 2 amide bonds. The first-order valence-corrected chi connectivity index (χ1v) is 8.85. The van der Waals surface area contributed by atoms with Gasteiger partial charge < -0.3 is 15.0 Å². The van der Waals surface area contributed by atoms with E-state index in [0.717, 1.165) is 11.6 Å². The number of hydrogen-bond donors (Lipinski definition) is 1. The smallest absolute Gasteiger partial charge is 0.410 e. The summed E-state index contributed by atoms with van der Waals surface area (Å²) in [6.45, 7) is 0.892. The van der Waals surface area contributed by atoms with Crippen molar-refractivity contribution in [3.8, 4) is 0 Å². The highest BCUT2D eigenvalue weighted by Gasteiger charge is 2.26. The second-order valence-electron chi connectivity index (χ2n) is 6.50. The summed E-state index contributed by atoms with van der Waals surface area (Å²) < 4.78 is 45.2. The molecule has 3 rings (SSSR count). The van der Waals surface area contributed by atoms with Gasteiger partial charge in [0.2, 0.25) is 0 Å². The van der Waals surface area contributed by atoms with Gasteiger partial charge in [-0.25, -0.2) is 18.0 Å². The van der Waals surface area contributed by atoms with Crippen molar-refractivity contribution >= 4 is 12.0 Å². The molecule has 1 heterocycles. The predicted molar refractivity (Wildman–Crippen MR) is 95.0 cm³/mol. The number of ether oxygens (including phenoxy) is 1. The van der Waals surface area contributed by atoms with Crippen molar-refractivity contribution in [3.05, 3.63) is 71.0 Å². The first-order valence-electron chi connectivity index (χ1n) is 8.85. The maximum Gasteiger partial charge on any atom is 0.410 e. The van der Waals surface area contributed by atoms with Crippen LogP contribution in [-0.2, 0) is 11.3 Å². The van der Waals surface area contributed by atoms with Gasteiger partial charge in [0.1, 0.15) is 6.61 Å². The van der Waals surface area contributed by atoms with Crippen LogP contribution in [0.5, 0.6) is 0 Å². The predicted octanol–water partition coefficient (Wildman–Crippen LogP) is 3.63. The van der Waals surface area contributed by atoms with Crippen LogP contribution in [0.15, 0.2) is 42.5 Å². The number of halogens is 3. The van der Waals surface area contributed by atoms with Crippen LogP contribution in [0.1, 0.15) is 28.8 Å². The number of piperidine rings is 1. The van der Waals surface area contributed by atoms with Crippen LogP contribution >= 0.6 is 0 Å². The summed E-state index contributed by atoms with van der Waals surface area (Å²) in [5.41, 5.74) is 0.329. The number of carbonyl (C=O) groups excluding carboxylic acids is 2. The van der Waals surface area contributed by atoms with Crippen molar-refractivity contribution in [1.29, 1.82) is 0 Å². The zero-order valence-electron chi connectivity index (χ0n) is 15.0. The lowest BCUT2D eigenvalue weighted by molar-refractivity contribution is 0.0807. The largest absolute Gasteiger partial charge is 0.445 e. The van der Waals surface area contributed by atoms with Crippen LogP contribution in [-0.4, -0.2) is 36.0 Å². The number of benzene rings is 2. The van der Waals surface area contributed by atoms with Crippen LogP contribution in [0.3, 0.4) is 0 Å². The molecular weight excluding hydrogens is 373 g/mol. The van der Waals surface area contributed by atoms with Crippen molar-refractivity contribution in [2.24, 2.45) is 0 Å². The van der Waals surface area contributed by atoms with Gasteiger partial charge in [-0.3, -0.25) is 4.79 Å². The third-order valence-electron chi connectivity index (χ3n) is 4.57. The lowest BCUT2D eigenvalue weighted by Crippen LogP contribution is -2.46. The molecule has 1 aliphatic rings. The minimum Gasteiger partial charge on any atom is -0.445 e. The second-order valence-corrected chi connectivity index (χ2v) is 6.50. The molecule has 1 saturated heterocycles. The minimum absolute atomic E-state index is 0.172. The van der Waals surface area contributed by atoms with E-state index < -0.39 is 35.0 Å². The van der Waals surface area contributed by atoms with Gasteiger partial charge in [0.25, 0.3) is 5.91 Å². The van der Waals surface area contributed by atoms with Crippen molar-refractivity contribution < 1.29 is 27.5 Å². The quantitative estimate of drug-likeness (QED) is 0.809. The molecule has 1 N–H and O–H groups in total. The molecule has 0 bridgehead atoms. The monoisotopic (exact) mass is 392 g/mol. The number of rotatable bonds is 4. The number of hydrogen-bond acceptors (Lipinski definition) is 3. The van der Waals surface area contributed by atoms with Crippen LogP contribution in [0.4, 0.5) is 18.0 Å². The van der Waals surface area contributed by atoms with Gasteiger partial charge in [-0.1, -0.05) is 30.3 Å². The average molecular weight is 392 g/mol. The Morgan fingerprint density at radius 3 is 2.36 bits per heavy atom. The summed E-state index contributed by atoms with van der Waals surface area (Å²) in [5.74, 6) is -5.36. The van der Waals surface area contributed by atoms with Gasteiger partial charge in [0.05, 0.1) is 5.56 Å². The van der Waals surface area contributed by atoms with E-state index in [9.17, 15) is 22.8 Å². The number of nitrogens with zero attached hydrogens (tertiary/aromatic N) is 1. The summed E-state index contributed by atoms with van der Waals surface area (Å²) in [5, 5.41) is 2.59. The highest BCUT2D eigenvalue weighted by Crippen LogP contribution is 2.17. The zero-order chi connectivity index (χ0) is 20.1. The molecule has 28 heavy (non-hydrogen) atoms. The fourth-order valence-corrected chi connectivity index (χ4v) is 2.98. The zero-order valence-corrected chi connectivity index (χ0v) is 15.0. The van der Waals surface area contributed by atoms with Crippen LogP contribution in [0.25, 0.3) is 0 Å². The van der Waals surface area contributed by atoms with E-state index in [0.29, 0.717) is 32.0 Å². The Morgan fingerprint density at radius 1 is 1.00 bits per heavy atom. The topological polar surface area (TPSA) is 58.6 Å². The molecule has 2 aromatic carbocycles. The highest BCUT2D eigenvalue weighted by atomic mass is 19.2. The standard InChI is InChI=1S/C20H19F3N2O3/c21-16-7-6-15(17(22)18(16)23)19(26)24-14-8-10-25(11-9-14)20(27)28-12-13-4-2-1-3-5-13/h1-7,14H,8-12H2,(H,24,26). The Morgan fingerprint density at radius 2 is 1.68 bits per heavy atom. The maximum atomic E-state index is 13.7. The Hall–Kier alpha value is -3.03. The lowest BCUT2D eigenvalue weighted by Gasteiger charge is -2.31. The van der Waals surface area contributed by atoms with Crippen molar-refractivity contribution in [3.63, 3.8) is 0 Å². The first-order chi connectivity index (χ1) is 13.5. The third-order valence-corrected chi connectivity index (χ3v) is 4.57. The Balaban J connectivity index is 1.48. The van der Waals surface area contributed by atoms with E-state index in [-0.39, 0.29) is 12.6 Å². The molecule has 2 aromatic rings. The van der Waals surface area contributed by atoms with Gasteiger partial charge in [0, 0.05) is 19.1 Å². The first kappa shape index (κ1) is 19.7. The molecule has 148 valence electrons. The van der Waals surface area contributed by atoms with Crippen LogP contribution in [0.2, 0.25) is 0 Å². The van der Waals surface area contributed by atoms with Gasteiger partial charge in [-0.15, -0.1) is 0 Å². The van der Waals surface area contributed by atoms with Crippen molar-refractivity contribution in [2.75, 3.05) is 13.1 Å². The number of carbonyl (C=O) groups is 2. The maximum absolute atomic E-state index is 13.7. The van der Waals surface area contributed by atoms with Gasteiger partial charge in [-0.2, -0.15) is 0 Å².